The molecule has 0 unspecified atom stereocenters. The molecule has 0 radical (unpaired) electrons. The van der Waals surface area contributed by atoms with E-state index in [-0.39, 0.29) is 0 Å². The lowest BCUT2D eigenvalue weighted by molar-refractivity contribution is 1.17. The Morgan fingerprint density at radius 1 is 1.41 bits per heavy atom. The number of aryl methyl sites for hydroxylation is 1. The smallest absolute Gasteiger partial charge is 0.0992 e. The number of hydrogen-bond donors (Lipinski definition) is 1. The molecule has 86 valence electrons. The van der Waals surface area contributed by atoms with Crippen molar-refractivity contribution in [2.45, 2.75) is 13.5 Å². The molecule has 17 heavy (non-hydrogen) atoms. The lowest BCUT2D eigenvalue weighted by atomic mass is 10.2. The van der Waals surface area contributed by atoms with Crippen LogP contribution in [0.25, 0.3) is 0 Å². The summed E-state index contributed by atoms with van der Waals surface area (Å²) in [6.45, 7) is 2.82. The molecule has 0 saturated carbocycles. The van der Waals surface area contributed by atoms with Gasteiger partial charge in [-0.25, -0.2) is 0 Å². The van der Waals surface area contributed by atoms with E-state index in [0.29, 0.717) is 10.6 Å². The molecule has 1 aromatic carbocycles. The minimum Gasteiger partial charge on any atom is -0.379 e. The maximum Gasteiger partial charge on any atom is 0.0992 e. The monoisotopic (exact) mass is 262 g/mol. The van der Waals surface area contributed by atoms with Crippen LogP contribution in [-0.4, -0.2) is 0 Å². The zero-order valence-corrected chi connectivity index (χ0v) is 10.9. The zero-order chi connectivity index (χ0) is 12.3. The summed E-state index contributed by atoms with van der Waals surface area (Å²) in [6, 6.07) is 9.42. The highest BCUT2D eigenvalue weighted by atomic mass is 35.5. The second-order valence-electron chi connectivity index (χ2n) is 3.69. The number of thiophene rings is 1. The topological polar surface area (TPSA) is 35.8 Å². The maximum absolute atomic E-state index is 8.83. The highest BCUT2D eigenvalue weighted by Gasteiger charge is 2.04. The Bertz CT molecular complexity index is 569. The van der Waals surface area contributed by atoms with Crippen molar-refractivity contribution < 1.29 is 0 Å². The van der Waals surface area contributed by atoms with E-state index < -0.39 is 0 Å². The van der Waals surface area contributed by atoms with Crippen molar-refractivity contribution in [3.8, 4) is 6.07 Å². The van der Waals surface area contributed by atoms with Crippen LogP contribution in [-0.2, 0) is 6.54 Å². The Hall–Kier alpha value is -1.50. The lowest BCUT2D eigenvalue weighted by Crippen LogP contribution is -1.99. The number of anilines is 1. The first-order valence-corrected chi connectivity index (χ1v) is 6.43. The fourth-order valence-electron chi connectivity index (χ4n) is 1.49. The molecule has 0 amide bonds. The van der Waals surface area contributed by atoms with E-state index in [2.05, 4.69) is 29.8 Å². The average Bonchev–Trinajstić information content (AvgIpc) is 2.74. The van der Waals surface area contributed by atoms with Crippen LogP contribution < -0.4 is 5.32 Å². The molecule has 1 aromatic heterocycles. The first-order valence-electron chi connectivity index (χ1n) is 5.17. The fourth-order valence-corrected chi connectivity index (χ4v) is 2.52. The molecule has 0 atom stereocenters. The van der Waals surface area contributed by atoms with Gasteiger partial charge in [0.15, 0.2) is 0 Å². The number of nitriles is 1. The van der Waals surface area contributed by atoms with Gasteiger partial charge in [0.2, 0.25) is 0 Å². The second kappa shape index (κ2) is 5.22. The van der Waals surface area contributed by atoms with Crippen molar-refractivity contribution in [1.29, 1.82) is 5.26 Å². The molecule has 1 heterocycles. The van der Waals surface area contributed by atoms with E-state index in [9.17, 15) is 0 Å². The standard InChI is InChI=1S/C13H11ClN2S/c1-9-4-5-17-13(9)8-16-12-6-10(7-15)2-3-11(12)14/h2-6,16H,8H2,1H3. The van der Waals surface area contributed by atoms with E-state index in [0.717, 1.165) is 12.2 Å². The Morgan fingerprint density at radius 2 is 2.24 bits per heavy atom. The van der Waals surface area contributed by atoms with Crippen molar-refractivity contribution in [3.63, 3.8) is 0 Å². The quantitative estimate of drug-likeness (QED) is 0.900. The number of rotatable bonds is 3. The van der Waals surface area contributed by atoms with Crippen molar-refractivity contribution >= 4 is 28.6 Å². The van der Waals surface area contributed by atoms with Gasteiger partial charge in [0.25, 0.3) is 0 Å². The number of halogens is 1. The van der Waals surface area contributed by atoms with E-state index in [1.807, 2.05) is 0 Å². The molecule has 0 saturated heterocycles. The van der Waals surface area contributed by atoms with Gasteiger partial charge in [0.05, 0.1) is 22.3 Å². The highest BCUT2D eigenvalue weighted by Crippen LogP contribution is 2.24. The first-order chi connectivity index (χ1) is 8.20. The molecular weight excluding hydrogens is 252 g/mol. The third kappa shape index (κ3) is 2.79. The molecule has 2 rings (SSSR count). The average molecular weight is 263 g/mol. The predicted octanol–water partition coefficient (Wildman–Crippen LogP) is 4.19. The van der Waals surface area contributed by atoms with Crippen LogP contribution in [0.15, 0.2) is 29.6 Å². The van der Waals surface area contributed by atoms with E-state index in [1.54, 1.807) is 29.5 Å². The molecule has 0 aliphatic rings. The van der Waals surface area contributed by atoms with Gasteiger partial charge in [-0.2, -0.15) is 5.26 Å². The Balaban J connectivity index is 2.14. The lowest BCUT2D eigenvalue weighted by Gasteiger charge is -2.08. The van der Waals surface area contributed by atoms with Crippen molar-refractivity contribution in [1.82, 2.24) is 0 Å². The van der Waals surface area contributed by atoms with Gasteiger partial charge in [0, 0.05) is 11.4 Å². The summed E-state index contributed by atoms with van der Waals surface area (Å²) in [5.41, 5.74) is 2.69. The van der Waals surface area contributed by atoms with Crippen molar-refractivity contribution in [2.75, 3.05) is 5.32 Å². The van der Waals surface area contributed by atoms with Crippen LogP contribution in [0.2, 0.25) is 5.02 Å². The largest absolute Gasteiger partial charge is 0.379 e. The predicted molar refractivity (Wildman–Crippen MR) is 72.5 cm³/mol. The molecule has 0 fully saturated rings. The van der Waals surface area contributed by atoms with Gasteiger partial charge in [-0.1, -0.05) is 11.6 Å². The first kappa shape index (κ1) is 12.0. The van der Waals surface area contributed by atoms with Crippen molar-refractivity contribution in [2.24, 2.45) is 0 Å². The number of hydrogen-bond acceptors (Lipinski definition) is 3. The van der Waals surface area contributed by atoms with Crippen LogP contribution in [0, 0.1) is 18.3 Å². The Kier molecular flexibility index (Phi) is 3.68. The summed E-state index contributed by atoms with van der Waals surface area (Å²) in [4.78, 5) is 1.28. The summed E-state index contributed by atoms with van der Waals surface area (Å²) in [5, 5.41) is 14.8. The van der Waals surface area contributed by atoms with Gasteiger partial charge in [-0.15, -0.1) is 11.3 Å². The maximum atomic E-state index is 8.83. The molecule has 2 aromatic rings. The molecule has 4 heteroatoms. The molecule has 0 aliphatic heterocycles. The van der Waals surface area contributed by atoms with Gasteiger partial charge in [-0.05, 0) is 42.1 Å². The van der Waals surface area contributed by atoms with Crippen LogP contribution in [0.3, 0.4) is 0 Å². The van der Waals surface area contributed by atoms with Crippen LogP contribution in [0.1, 0.15) is 16.0 Å². The molecule has 0 bridgehead atoms. The summed E-state index contributed by atoms with van der Waals surface area (Å²) in [6.07, 6.45) is 0. The van der Waals surface area contributed by atoms with Gasteiger partial charge < -0.3 is 5.32 Å². The summed E-state index contributed by atoms with van der Waals surface area (Å²) in [7, 11) is 0. The van der Waals surface area contributed by atoms with Crippen LogP contribution in [0.4, 0.5) is 5.69 Å². The normalized spacial score (nSPS) is 9.94. The molecule has 1 N–H and O–H groups in total. The summed E-state index contributed by atoms with van der Waals surface area (Å²) < 4.78 is 0. The number of nitrogens with zero attached hydrogens (tertiary/aromatic N) is 1. The zero-order valence-electron chi connectivity index (χ0n) is 9.33. The molecule has 2 nitrogen and oxygen atoms in total. The molecule has 0 aliphatic carbocycles. The van der Waals surface area contributed by atoms with Gasteiger partial charge in [-0.3, -0.25) is 0 Å². The third-order valence-electron chi connectivity index (χ3n) is 2.50. The van der Waals surface area contributed by atoms with Gasteiger partial charge in [0.1, 0.15) is 0 Å². The highest BCUT2D eigenvalue weighted by molar-refractivity contribution is 7.10. The van der Waals surface area contributed by atoms with Crippen LogP contribution >= 0.6 is 22.9 Å². The Labute approximate surface area is 109 Å². The van der Waals surface area contributed by atoms with E-state index >= 15 is 0 Å². The number of nitrogens with one attached hydrogen (secondary N) is 1. The second-order valence-corrected chi connectivity index (χ2v) is 5.09. The fraction of sp³-hybridized carbons (Fsp3) is 0.154. The summed E-state index contributed by atoms with van der Waals surface area (Å²) in [5.74, 6) is 0. The molecular formula is C13H11ClN2S. The van der Waals surface area contributed by atoms with E-state index in [1.165, 1.54) is 10.4 Å². The number of benzene rings is 1. The van der Waals surface area contributed by atoms with E-state index in [4.69, 9.17) is 16.9 Å². The third-order valence-corrected chi connectivity index (χ3v) is 3.86. The van der Waals surface area contributed by atoms with Gasteiger partial charge >= 0.3 is 0 Å². The Morgan fingerprint density at radius 3 is 2.88 bits per heavy atom. The van der Waals surface area contributed by atoms with Crippen molar-refractivity contribution in [3.05, 3.63) is 50.7 Å². The minimum absolute atomic E-state index is 0.611. The summed E-state index contributed by atoms with van der Waals surface area (Å²) >= 11 is 7.78. The minimum atomic E-state index is 0.611. The van der Waals surface area contributed by atoms with Crippen LogP contribution in [0.5, 0.6) is 0 Å². The molecule has 0 spiro atoms. The SMILES string of the molecule is Cc1ccsc1CNc1cc(C#N)ccc1Cl.